The minimum absolute atomic E-state index is 0.399. The summed E-state index contributed by atoms with van der Waals surface area (Å²) in [6, 6.07) is 11.9. The Hall–Kier alpha value is -2.54. The van der Waals surface area contributed by atoms with Gasteiger partial charge in [0.05, 0.1) is 16.4 Å². The zero-order valence-corrected chi connectivity index (χ0v) is 15.6. The summed E-state index contributed by atoms with van der Waals surface area (Å²) in [4.78, 5) is 17.7. The first-order valence-electron chi connectivity index (χ1n) is 7.64. The smallest absolute Gasteiger partial charge is 0.308 e. The third-order valence-electron chi connectivity index (χ3n) is 3.71. The van der Waals surface area contributed by atoms with E-state index in [1.807, 2.05) is 46.4 Å². The van der Waals surface area contributed by atoms with Gasteiger partial charge in [0.15, 0.2) is 4.96 Å². The van der Waals surface area contributed by atoms with Gasteiger partial charge in [-0.2, -0.15) is 0 Å². The first-order valence-corrected chi connectivity index (χ1v) is 9.28. The Morgan fingerprint density at radius 1 is 1.08 bits per heavy atom. The number of carbonyl (C=O) groups is 1. The molecule has 0 fully saturated rings. The van der Waals surface area contributed by atoms with Crippen LogP contribution < -0.4 is 10.6 Å². The molecule has 2 heterocycles. The number of anilines is 2. The van der Waals surface area contributed by atoms with Gasteiger partial charge in [-0.3, -0.25) is 4.40 Å². The van der Waals surface area contributed by atoms with Crippen LogP contribution in [0.15, 0.2) is 60.2 Å². The Balaban J connectivity index is 1.46. The summed E-state index contributed by atoms with van der Waals surface area (Å²) < 4.78 is 1.98. The van der Waals surface area contributed by atoms with E-state index in [9.17, 15) is 4.79 Å². The average molecular weight is 403 g/mol. The van der Waals surface area contributed by atoms with Crippen LogP contribution in [0.3, 0.4) is 0 Å². The summed E-state index contributed by atoms with van der Waals surface area (Å²) in [5.41, 5.74) is 2.97. The largest absolute Gasteiger partial charge is 0.323 e. The molecule has 130 valence electrons. The van der Waals surface area contributed by atoms with E-state index in [0.717, 1.165) is 16.2 Å². The second-order valence-electron chi connectivity index (χ2n) is 5.50. The summed E-state index contributed by atoms with van der Waals surface area (Å²) in [5.74, 6) is 0. The molecule has 0 spiro atoms. The predicted molar refractivity (Wildman–Crippen MR) is 108 cm³/mol. The molecule has 8 heteroatoms. The maximum Gasteiger partial charge on any atom is 0.323 e. The van der Waals surface area contributed by atoms with Gasteiger partial charge < -0.3 is 10.6 Å². The lowest BCUT2D eigenvalue weighted by atomic mass is 10.1. The fourth-order valence-electron chi connectivity index (χ4n) is 2.47. The first-order chi connectivity index (χ1) is 12.6. The van der Waals surface area contributed by atoms with E-state index < -0.39 is 6.03 Å². The molecule has 4 aromatic rings. The number of imidazole rings is 1. The van der Waals surface area contributed by atoms with Gasteiger partial charge in [0.25, 0.3) is 0 Å². The number of hydrogen-bond acceptors (Lipinski definition) is 3. The van der Waals surface area contributed by atoms with Gasteiger partial charge in [-0.05, 0) is 30.3 Å². The number of hydrogen-bond donors (Lipinski definition) is 2. The first kappa shape index (κ1) is 16.9. The Morgan fingerprint density at radius 3 is 2.65 bits per heavy atom. The average Bonchev–Trinajstić information content (AvgIpc) is 3.21. The number of rotatable bonds is 3. The van der Waals surface area contributed by atoms with Gasteiger partial charge in [0, 0.05) is 34.0 Å². The van der Waals surface area contributed by atoms with E-state index in [0.29, 0.717) is 21.4 Å². The molecule has 5 nitrogen and oxygen atoms in total. The SMILES string of the molecule is O=C(Nc1ccc(-c2cn3ccsc3n2)cc1)Nc1cc(Cl)ccc1Cl. The molecule has 2 amide bonds. The van der Waals surface area contributed by atoms with Gasteiger partial charge in [0.1, 0.15) is 0 Å². The van der Waals surface area contributed by atoms with Crippen molar-refractivity contribution in [3.63, 3.8) is 0 Å². The summed E-state index contributed by atoms with van der Waals surface area (Å²) in [5, 5.41) is 8.34. The van der Waals surface area contributed by atoms with Gasteiger partial charge in [-0.25, -0.2) is 9.78 Å². The van der Waals surface area contributed by atoms with Crippen LogP contribution in [-0.4, -0.2) is 15.4 Å². The summed E-state index contributed by atoms with van der Waals surface area (Å²) in [7, 11) is 0. The van der Waals surface area contributed by atoms with E-state index in [1.165, 1.54) is 0 Å². The Morgan fingerprint density at radius 2 is 1.88 bits per heavy atom. The van der Waals surface area contributed by atoms with Crippen molar-refractivity contribution in [2.75, 3.05) is 10.6 Å². The third kappa shape index (κ3) is 3.53. The second-order valence-corrected chi connectivity index (χ2v) is 7.22. The highest BCUT2D eigenvalue weighted by Crippen LogP contribution is 2.26. The molecule has 0 aliphatic heterocycles. The monoisotopic (exact) mass is 402 g/mol. The molecule has 2 aromatic carbocycles. The van der Waals surface area contributed by atoms with Gasteiger partial charge in [-0.15, -0.1) is 11.3 Å². The van der Waals surface area contributed by atoms with E-state index >= 15 is 0 Å². The lowest BCUT2D eigenvalue weighted by Crippen LogP contribution is -2.19. The maximum atomic E-state index is 12.1. The number of carbonyl (C=O) groups excluding carboxylic acids is 1. The lowest BCUT2D eigenvalue weighted by Gasteiger charge is -2.09. The quantitative estimate of drug-likeness (QED) is 0.440. The van der Waals surface area contributed by atoms with Crippen LogP contribution in [-0.2, 0) is 0 Å². The van der Waals surface area contributed by atoms with Crippen molar-refractivity contribution in [1.29, 1.82) is 0 Å². The highest BCUT2D eigenvalue weighted by Gasteiger charge is 2.08. The number of aromatic nitrogens is 2. The Labute approximate surface area is 163 Å². The van der Waals surface area contributed by atoms with Crippen LogP contribution in [0.2, 0.25) is 10.0 Å². The highest BCUT2D eigenvalue weighted by atomic mass is 35.5. The molecule has 0 saturated heterocycles. The minimum atomic E-state index is -0.399. The zero-order chi connectivity index (χ0) is 18.1. The Bertz CT molecular complexity index is 1060. The van der Waals surface area contributed by atoms with Gasteiger partial charge >= 0.3 is 6.03 Å². The van der Waals surface area contributed by atoms with Crippen LogP contribution in [0.25, 0.3) is 16.2 Å². The van der Waals surface area contributed by atoms with Crippen molar-refractivity contribution >= 4 is 56.9 Å². The number of halogens is 2. The van der Waals surface area contributed by atoms with Crippen LogP contribution in [0.4, 0.5) is 16.2 Å². The normalized spacial score (nSPS) is 10.8. The number of thiazole rings is 1. The molecule has 2 aromatic heterocycles. The summed E-state index contributed by atoms with van der Waals surface area (Å²) in [6.45, 7) is 0. The number of urea groups is 1. The van der Waals surface area contributed by atoms with Crippen LogP contribution in [0, 0.1) is 0 Å². The van der Waals surface area contributed by atoms with Crippen molar-refractivity contribution in [2.45, 2.75) is 0 Å². The second kappa shape index (κ2) is 6.99. The lowest BCUT2D eigenvalue weighted by molar-refractivity contribution is 0.262. The number of nitrogens with zero attached hydrogens (tertiary/aromatic N) is 2. The maximum absolute atomic E-state index is 12.1. The number of benzene rings is 2. The molecule has 0 bridgehead atoms. The molecule has 0 aliphatic carbocycles. The molecule has 2 N–H and O–H groups in total. The van der Waals surface area contributed by atoms with Crippen molar-refractivity contribution < 1.29 is 4.79 Å². The molecule has 0 radical (unpaired) electrons. The van der Waals surface area contributed by atoms with E-state index in [-0.39, 0.29) is 0 Å². The zero-order valence-electron chi connectivity index (χ0n) is 13.2. The number of nitrogens with one attached hydrogen (secondary N) is 2. The molecule has 0 aliphatic rings. The van der Waals surface area contributed by atoms with Gasteiger partial charge in [0.2, 0.25) is 0 Å². The fourth-order valence-corrected chi connectivity index (χ4v) is 3.51. The van der Waals surface area contributed by atoms with E-state index in [1.54, 1.807) is 29.5 Å². The highest BCUT2D eigenvalue weighted by molar-refractivity contribution is 7.15. The molecule has 26 heavy (non-hydrogen) atoms. The molecule has 4 rings (SSSR count). The van der Waals surface area contributed by atoms with Crippen LogP contribution >= 0.6 is 34.5 Å². The molecule has 0 unspecified atom stereocenters. The summed E-state index contributed by atoms with van der Waals surface area (Å²) >= 11 is 13.6. The molecular formula is C18H12Cl2N4OS. The molecular weight excluding hydrogens is 391 g/mol. The number of fused-ring (bicyclic) bond motifs is 1. The van der Waals surface area contributed by atoms with Gasteiger partial charge in [-0.1, -0.05) is 35.3 Å². The standard InChI is InChI=1S/C18H12Cl2N4OS/c19-12-3-6-14(20)15(9-12)22-17(25)21-13-4-1-11(2-5-13)16-10-24-7-8-26-18(24)23-16/h1-10H,(H2,21,22,25). The molecule has 0 saturated carbocycles. The predicted octanol–water partition coefficient (Wildman–Crippen LogP) is 6.01. The van der Waals surface area contributed by atoms with E-state index in [2.05, 4.69) is 15.6 Å². The minimum Gasteiger partial charge on any atom is -0.308 e. The number of amides is 2. The van der Waals surface area contributed by atoms with E-state index in [4.69, 9.17) is 23.2 Å². The van der Waals surface area contributed by atoms with Crippen LogP contribution in [0.1, 0.15) is 0 Å². The van der Waals surface area contributed by atoms with Crippen molar-refractivity contribution in [1.82, 2.24) is 9.38 Å². The molecule has 0 atom stereocenters. The fraction of sp³-hybridized carbons (Fsp3) is 0. The van der Waals surface area contributed by atoms with Crippen molar-refractivity contribution in [2.24, 2.45) is 0 Å². The topological polar surface area (TPSA) is 58.4 Å². The van der Waals surface area contributed by atoms with Crippen molar-refractivity contribution in [3.05, 3.63) is 70.3 Å². The summed E-state index contributed by atoms with van der Waals surface area (Å²) in [6.07, 6.45) is 3.94. The Kier molecular flexibility index (Phi) is 4.55. The third-order valence-corrected chi connectivity index (χ3v) is 5.04. The van der Waals surface area contributed by atoms with Crippen molar-refractivity contribution in [3.8, 4) is 11.3 Å². The van der Waals surface area contributed by atoms with Crippen LogP contribution in [0.5, 0.6) is 0 Å².